The van der Waals surface area contributed by atoms with Gasteiger partial charge in [0.25, 0.3) is 0 Å². The number of rotatable bonds is 4. The van der Waals surface area contributed by atoms with Crippen LogP contribution in [0.5, 0.6) is 0 Å². The van der Waals surface area contributed by atoms with Gasteiger partial charge in [0.1, 0.15) is 0 Å². The highest BCUT2D eigenvalue weighted by Crippen LogP contribution is 2.19. The number of carbonyl (C=O) groups excluding carboxylic acids is 1. The van der Waals surface area contributed by atoms with Crippen LogP contribution in [0.1, 0.15) is 22.3 Å². The van der Waals surface area contributed by atoms with Crippen LogP contribution >= 0.6 is 0 Å². The maximum atomic E-state index is 11.9. The topological polar surface area (TPSA) is 81.7 Å². The molecule has 0 aromatic heterocycles. The molecule has 2 amide bonds. The molecular formula is C15H21N3O3. The summed E-state index contributed by atoms with van der Waals surface area (Å²) in [4.78, 5) is 25.4. The van der Waals surface area contributed by atoms with E-state index in [9.17, 15) is 14.7 Å². The van der Waals surface area contributed by atoms with Gasteiger partial charge in [-0.15, -0.1) is 0 Å². The van der Waals surface area contributed by atoms with Crippen molar-refractivity contribution in [2.24, 2.45) is 5.92 Å². The fraction of sp³-hybridized carbons (Fsp3) is 0.467. The number of carboxylic acid groups (broad SMARTS) is 1. The number of benzene rings is 1. The van der Waals surface area contributed by atoms with Crippen molar-refractivity contribution < 1.29 is 14.7 Å². The van der Waals surface area contributed by atoms with Gasteiger partial charge >= 0.3 is 12.0 Å². The molecule has 1 saturated heterocycles. The number of nitrogens with zero attached hydrogens (tertiary/aromatic N) is 1. The average molecular weight is 291 g/mol. The van der Waals surface area contributed by atoms with E-state index < -0.39 is 5.97 Å². The molecule has 2 rings (SSSR count). The number of carboxylic acids is 1. The smallest absolute Gasteiger partial charge is 0.338 e. The predicted octanol–water partition coefficient (Wildman–Crippen LogP) is 1.77. The first kappa shape index (κ1) is 15.3. The Kier molecular flexibility index (Phi) is 4.80. The SMILES string of the molecule is Cc1cccc(NC(=O)NCC2CCN(C)C2)c1C(=O)O. The lowest BCUT2D eigenvalue weighted by Crippen LogP contribution is -2.34. The number of amides is 2. The minimum Gasteiger partial charge on any atom is -0.478 e. The Morgan fingerprint density at radius 2 is 2.19 bits per heavy atom. The number of hydrogen-bond donors (Lipinski definition) is 3. The van der Waals surface area contributed by atoms with Crippen molar-refractivity contribution in [2.75, 3.05) is 32.0 Å². The number of likely N-dealkylation sites (tertiary alicyclic amines) is 1. The van der Waals surface area contributed by atoms with E-state index >= 15 is 0 Å². The second-order valence-corrected chi connectivity index (χ2v) is 5.55. The number of hydrogen-bond acceptors (Lipinski definition) is 3. The van der Waals surface area contributed by atoms with Gasteiger partial charge in [0.05, 0.1) is 11.3 Å². The van der Waals surface area contributed by atoms with Crippen LogP contribution in [0.2, 0.25) is 0 Å². The predicted molar refractivity (Wildman–Crippen MR) is 80.8 cm³/mol. The Balaban J connectivity index is 1.94. The fourth-order valence-corrected chi connectivity index (χ4v) is 2.65. The third kappa shape index (κ3) is 3.95. The van der Waals surface area contributed by atoms with Crippen molar-refractivity contribution in [2.45, 2.75) is 13.3 Å². The lowest BCUT2D eigenvalue weighted by atomic mass is 10.1. The van der Waals surface area contributed by atoms with Gasteiger partial charge in [-0.2, -0.15) is 0 Å². The van der Waals surface area contributed by atoms with Gasteiger partial charge in [-0.25, -0.2) is 9.59 Å². The van der Waals surface area contributed by atoms with Crippen LogP contribution in [-0.4, -0.2) is 48.7 Å². The van der Waals surface area contributed by atoms with Crippen LogP contribution in [0.25, 0.3) is 0 Å². The molecule has 1 aromatic carbocycles. The Hall–Kier alpha value is -2.08. The fourth-order valence-electron chi connectivity index (χ4n) is 2.65. The third-order valence-electron chi connectivity index (χ3n) is 3.78. The van der Waals surface area contributed by atoms with Gasteiger partial charge < -0.3 is 20.6 Å². The minimum absolute atomic E-state index is 0.133. The largest absolute Gasteiger partial charge is 0.478 e. The number of carbonyl (C=O) groups is 2. The Labute approximate surface area is 124 Å². The number of aryl methyl sites for hydroxylation is 1. The quantitative estimate of drug-likeness (QED) is 0.789. The highest BCUT2D eigenvalue weighted by atomic mass is 16.4. The molecule has 1 aliphatic rings. The van der Waals surface area contributed by atoms with E-state index in [0.717, 1.165) is 19.5 Å². The Morgan fingerprint density at radius 3 is 2.81 bits per heavy atom. The molecule has 1 aromatic rings. The molecular weight excluding hydrogens is 270 g/mol. The highest BCUT2D eigenvalue weighted by molar-refractivity contribution is 6.01. The zero-order valence-electron chi connectivity index (χ0n) is 12.3. The van der Waals surface area contributed by atoms with E-state index in [2.05, 4.69) is 22.6 Å². The number of aromatic carboxylic acids is 1. The second kappa shape index (κ2) is 6.58. The summed E-state index contributed by atoms with van der Waals surface area (Å²) in [5.41, 5.74) is 1.08. The highest BCUT2D eigenvalue weighted by Gasteiger charge is 2.20. The summed E-state index contributed by atoms with van der Waals surface area (Å²) in [6, 6.07) is 4.67. The second-order valence-electron chi connectivity index (χ2n) is 5.55. The summed E-state index contributed by atoms with van der Waals surface area (Å²) in [6.07, 6.45) is 1.07. The zero-order chi connectivity index (χ0) is 15.4. The molecule has 6 heteroatoms. The summed E-state index contributed by atoms with van der Waals surface area (Å²) in [5.74, 6) is -0.585. The van der Waals surface area contributed by atoms with Gasteiger partial charge in [0.15, 0.2) is 0 Å². The lowest BCUT2D eigenvalue weighted by Gasteiger charge is -2.14. The molecule has 1 fully saturated rings. The first-order chi connectivity index (χ1) is 9.97. The Bertz CT molecular complexity index is 545. The van der Waals surface area contributed by atoms with Crippen LogP contribution in [0.4, 0.5) is 10.5 Å². The van der Waals surface area contributed by atoms with Crippen LogP contribution in [0, 0.1) is 12.8 Å². The molecule has 1 unspecified atom stereocenters. The number of urea groups is 1. The molecule has 0 bridgehead atoms. The van der Waals surface area contributed by atoms with E-state index in [4.69, 9.17) is 0 Å². The molecule has 1 atom stereocenters. The van der Waals surface area contributed by atoms with Crippen molar-refractivity contribution in [3.05, 3.63) is 29.3 Å². The van der Waals surface area contributed by atoms with E-state index in [1.165, 1.54) is 0 Å². The number of anilines is 1. The van der Waals surface area contributed by atoms with Gasteiger partial charge in [0.2, 0.25) is 0 Å². The molecule has 1 heterocycles. The molecule has 1 aliphatic heterocycles. The summed E-state index contributed by atoms with van der Waals surface area (Å²) < 4.78 is 0. The van der Waals surface area contributed by atoms with E-state index in [1.807, 2.05) is 0 Å². The van der Waals surface area contributed by atoms with Gasteiger partial charge in [-0.3, -0.25) is 0 Å². The van der Waals surface area contributed by atoms with E-state index in [1.54, 1.807) is 25.1 Å². The van der Waals surface area contributed by atoms with E-state index in [0.29, 0.717) is 23.7 Å². The maximum Gasteiger partial charge on any atom is 0.338 e. The van der Waals surface area contributed by atoms with E-state index in [-0.39, 0.29) is 11.6 Å². The van der Waals surface area contributed by atoms with Crippen molar-refractivity contribution >= 4 is 17.7 Å². The third-order valence-corrected chi connectivity index (χ3v) is 3.78. The molecule has 0 saturated carbocycles. The summed E-state index contributed by atoms with van der Waals surface area (Å²) in [5, 5.41) is 14.6. The number of nitrogens with one attached hydrogen (secondary N) is 2. The van der Waals surface area contributed by atoms with Crippen LogP contribution in [-0.2, 0) is 0 Å². The van der Waals surface area contributed by atoms with Gasteiger partial charge in [-0.1, -0.05) is 12.1 Å². The maximum absolute atomic E-state index is 11.9. The molecule has 0 aliphatic carbocycles. The van der Waals surface area contributed by atoms with Gasteiger partial charge in [0, 0.05) is 13.1 Å². The van der Waals surface area contributed by atoms with Crippen LogP contribution in [0.15, 0.2) is 18.2 Å². The molecule has 6 nitrogen and oxygen atoms in total. The van der Waals surface area contributed by atoms with Crippen molar-refractivity contribution in [3.8, 4) is 0 Å². The summed E-state index contributed by atoms with van der Waals surface area (Å²) in [6.45, 7) is 4.34. The summed E-state index contributed by atoms with van der Waals surface area (Å²) >= 11 is 0. The van der Waals surface area contributed by atoms with Gasteiger partial charge in [-0.05, 0) is 44.5 Å². The first-order valence-corrected chi connectivity index (χ1v) is 7.03. The van der Waals surface area contributed by atoms with Crippen LogP contribution < -0.4 is 10.6 Å². The molecule has 21 heavy (non-hydrogen) atoms. The van der Waals surface area contributed by atoms with Crippen molar-refractivity contribution in [1.29, 1.82) is 0 Å². The first-order valence-electron chi connectivity index (χ1n) is 7.03. The molecule has 0 radical (unpaired) electrons. The van der Waals surface area contributed by atoms with Crippen LogP contribution in [0.3, 0.4) is 0 Å². The minimum atomic E-state index is -1.04. The normalized spacial score (nSPS) is 18.5. The molecule has 0 spiro atoms. The zero-order valence-corrected chi connectivity index (χ0v) is 12.3. The van der Waals surface area contributed by atoms with Crippen molar-refractivity contribution in [3.63, 3.8) is 0 Å². The monoisotopic (exact) mass is 291 g/mol. The average Bonchev–Trinajstić information content (AvgIpc) is 2.82. The van der Waals surface area contributed by atoms with Crippen molar-refractivity contribution in [1.82, 2.24) is 10.2 Å². The summed E-state index contributed by atoms with van der Waals surface area (Å²) in [7, 11) is 2.06. The Morgan fingerprint density at radius 1 is 1.43 bits per heavy atom. The molecule has 3 N–H and O–H groups in total. The molecule has 114 valence electrons. The lowest BCUT2D eigenvalue weighted by molar-refractivity contribution is 0.0697. The standard InChI is InChI=1S/C15H21N3O3/c1-10-4-3-5-12(13(10)14(19)20)17-15(21)16-8-11-6-7-18(2)9-11/h3-5,11H,6-9H2,1-2H3,(H,19,20)(H2,16,17,21).